The van der Waals surface area contributed by atoms with Gasteiger partial charge in [-0.25, -0.2) is 4.98 Å². The first-order valence-electron chi connectivity index (χ1n) is 12.8. The van der Waals surface area contributed by atoms with Gasteiger partial charge in [0.2, 0.25) is 5.91 Å². The molecule has 1 atom stereocenters. The topological polar surface area (TPSA) is 46.9 Å². The summed E-state index contributed by atoms with van der Waals surface area (Å²) in [5.41, 5.74) is 7.80. The van der Waals surface area contributed by atoms with Crippen molar-refractivity contribution in [2.45, 2.75) is 50.7 Å². The third-order valence-electron chi connectivity index (χ3n) is 6.32. The van der Waals surface area contributed by atoms with Crippen LogP contribution in [0.1, 0.15) is 41.8 Å². The first-order chi connectivity index (χ1) is 18.0. The number of rotatable bonds is 11. The molecule has 4 aromatic rings. The number of thioether (sulfide) groups is 1. The average molecular weight is 532 g/mol. The van der Waals surface area contributed by atoms with Crippen molar-refractivity contribution in [3.63, 3.8) is 0 Å². The average Bonchev–Trinajstić information content (AvgIpc) is 3.29. The first kappa shape index (κ1) is 27.0. The van der Waals surface area contributed by atoms with Gasteiger partial charge >= 0.3 is 0 Å². The van der Waals surface area contributed by atoms with Crippen LogP contribution in [0.4, 0.5) is 0 Å². The summed E-state index contributed by atoms with van der Waals surface area (Å²) in [6.45, 7) is 7.85. The molecule has 0 radical (unpaired) electrons. The number of halogens is 1. The van der Waals surface area contributed by atoms with Crippen molar-refractivity contribution in [3.05, 3.63) is 95.6 Å². The van der Waals surface area contributed by atoms with Crippen molar-refractivity contribution in [2.24, 2.45) is 0 Å². The van der Waals surface area contributed by atoms with Crippen molar-refractivity contribution in [2.75, 3.05) is 12.3 Å². The van der Waals surface area contributed by atoms with Gasteiger partial charge in [0, 0.05) is 30.0 Å². The van der Waals surface area contributed by atoms with E-state index in [4.69, 9.17) is 16.6 Å². The molecule has 4 nitrogen and oxygen atoms in total. The van der Waals surface area contributed by atoms with Crippen molar-refractivity contribution in [1.82, 2.24) is 14.9 Å². The first-order valence-corrected chi connectivity index (χ1v) is 14.2. The summed E-state index contributed by atoms with van der Waals surface area (Å²) >= 11 is 8.10. The summed E-state index contributed by atoms with van der Waals surface area (Å²) in [7, 11) is 0. The number of nitrogens with one attached hydrogen (secondary N) is 1. The summed E-state index contributed by atoms with van der Waals surface area (Å²) < 4.78 is 2.32. The molecule has 1 amide bonds. The van der Waals surface area contributed by atoms with Crippen molar-refractivity contribution in [1.29, 1.82) is 0 Å². The minimum absolute atomic E-state index is 0.146. The van der Waals surface area contributed by atoms with Crippen LogP contribution in [0.25, 0.3) is 22.5 Å². The molecule has 0 bridgehead atoms. The smallest absolute Gasteiger partial charge is 0.242 e. The maximum Gasteiger partial charge on any atom is 0.242 e. The molecular weight excluding hydrogens is 498 g/mol. The normalized spacial score (nSPS) is 11.9. The second-order valence-corrected chi connectivity index (χ2v) is 10.7. The number of carbonyl (C=O) groups excluding carboxylic acids is 1. The number of imidazole rings is 1. The molecule has 0 aliphatic carbocycles. The Kier molecular flexibility index (Phi) is 9.48. The van der Waals surface area contributed by atoms with E-state index in [9.17, 15) is 4.79 Å². The number of aryl methyl sites for hydroxylation is 2. The second-order valence-electron chi connectivity index (χ2n) is 9.19. The largest absolute Gasteiger partial charge is 0.355 e. The van der Waals surface area contributed by atoms with Gasteiger partial charge in [-0.2, -0.15) is 0 Å². The van der Waals surface area contributed by atoms with E-state index in [2.05, 4.69) is 79.2 Å². The van der Waals surface area contributed by atoms with Crippen LogP contribution >= 0.6 is 23.4 Å². The molecule has 0 spiro atoms. The molecule has 1 N–H and O–H groups in total. The number of nitrogens with zero attached hydrogens (tertiary/aromatic N) is 2. The minimum atomic E-state index is -0.659. The standard InChI is InChI=1S/C31H34ClN3OS/c1-4-35-29(26-18-14-23(3)15-19-26)28(25-16-12-22(2)13-17-25)34-31(35)37-21-9-8-20-33-30(36)27(32)24-10-6-5-7-11-24/h5-7,10-19,27H,4,8-9,20-21H2,1-3H3,(H,33,36). The Morgan fingerprint density at radius 2 is 1.54 bits per heavy atom. The Morgan fingerprint density at radius 3 is 2.16 bits per heavy atom. The van der Waals surface area contributed by atoms with Gasteiger partial charge in [-0.1, -0.05) is 102 Å². The number of hydrogen-bond acceptors (Lipinski definition) is 3. The van der Waals surface area contributed by atoms with Gasteiger partial charge in [0.1, 0.15) is 5.38 Å². The van der Waals surface area contributed by atoms with Crippen LogP contribution in [-0.4, -0.2) is 27.8 Å². The van der Waals surface area contributed by atoms with E-state index in [0.717, 1.165) is 52.8 Å². The van der Waals surface area contributed by atoms with Crippen LogP contribution < -0.4 is 5.32 Å². The van der Waals surface area contributed by atoms with Crippen LogP contribution in [0.5, 0.6) is 0 Å². The molecule has 192 valence electrons. The Labute approximate surface area is 229 Å². The molecule has 6 heteroatoms. The van der Waals surface area contributed by atoms with E-state index in [0.29, 0.717) is 6.54 Å². The second kappa shape index (κ2) is 13.0. The van der Waals surface area contributed by atoms with E-state index < -0.39 is 5.38 Å². The van der Waals surface area contributed by atoms with Crippen LogP contribution in [0, 0.1) is 13.8 Å². The summed E-state index contributed by atoms with van der Waals surface area (Å²) in [5.74, 6) is 0.781. The molecule has 0 aliphatic rings. The lowest BCUT2D eigenvalue weighted by molar-refractivity contribution is -0.120. The zero-order valence-corrected chi connectivity index (χ0v) is 23.3. The van der Waals surface area contributed by atoms with Crippen LogP contribution in [-0.2, 0) is 11.3 Å². The summed E-state index contributed by atoms with van der Waals surface area (Å²) in [6, 6.07) is 26.7. The highest BCUT2D eigenvalue weighted by Gasteiger charge is 2.20. The number of unbranched alkanes of at least 4 members (excludes halogenated alkanes) is 1. The Morgan fingerprint density at radius 1 is 0.919 bits per heavy atom. The van der Waals surface area contributed by atoms with Gasteiger partial charge in [0.25, 0.3) is 0 Å². The van der Waals surface area contributed by atoms with Gasteiger partial charge in [-0.05, 0) is 39.2 Å². The molecule has 37 heavy (non-hydrogen) atoms. The molecule has 1 aromatic heterocycles. The highest BCUT2D eigenvalue weighted by molar-refractivity contribution is 7.99. The lowest BCUT2D eigenvalue weighted by atomic mass is 10.0. The number of amides is 1. The van der Waals surface area contributed by atoms with Gasteiger partial charge in [0.15, 0.2) is 5.16 Å². The molecule has 0 saturated carbocycles. The third kappa shape index (κ3) is 6.85. The van der Waals surface area contributed by atoms with E-state index >= 15 is 0 Å². The van der Waals surface area contributed by atoms with Crippen LogP contribution in [0.2, 0.25) is 0 Å². The predicted molar refractivity (Wildman–Crippen MR) is 156 cm³/mol. The number of benzene rings is 3. The SMILES string of the molecule is CCn1c(SCCCCNC(=O)C(Cl)c2ccccc2)nc(-c2ccc(C)cc2)c1-c1ccc(C)cc1. The maximum absolute atomic E-state index is 12.4. The fraction of sp³-hybridized carbons (Fsp3) is 0.290. The third-order valence-corrected chi connectivity index (χ3v) is 7.84. The Hall–Kier alpha value is -3.02. The van der Waals surface area contributed by atoms with Crippen molar-refractivity contribution >= 4 is 29.3 Å². The highest BCUT2D eigenvalue weighted by Crippen LogP contribution is 2.36. The molecule has 4 rings (SSSR count). The fourth-order valence-corrected chi connectivity index (χ4v) is 5.50. The lowest BCUT2D eigenvalue weighted by Gasteiger charge is -2.12. The number of alkyl halides is 1. The van der Waals surface area contributed by atoms with Crippen LogP contribution in [0.15, 0.2) is 84.0 Å². The van der Waals surface area contributed by atoms with E-state index in [-0.39, 0.29) is 5.91 Å². The van der Waals surface area contributed by atoms with E-state index in [1.54, 1.807) is 11.8 Å². The number of aromatic nitrogens is 2. The summed E-state index contributed by atoms with van der Waals surface area (Å²) in [4.78, 5) is 17.5. The van der Waals surface area contributed by atoms with Gasteiger partial charge in [-0.15, -0.1) is 11.6 Å². The summed E-state index contributed by atoms with van der Waals surface area (Å²) in [5, 5.41) is 3.34. The summed E-state index contributed by atoms with van der Waals surface area (Å²) in [6.07, 6.45) is 1.86. The molecule has 0 aliphatic heterocycles. The maximum atomic E-state index is 12.4. The number of carbonyl (C=O) groups is 1. The quantitative estimate of drug-likeness (QED) is 0.122. The lowest BCUT2D eigenvalue weighted by Crippen LogP contribution is -2.27. The Bertz CT molecular complexity index is 1300. The molecular formula is C31H34ClN3OS. The molecule has 1 heterocycles. The predicted octanol–water partition coefficient (Wildman–Crippen LogP) is 7.82. The van der Waals surface area contributed by atoms with E-state index in [1.165, 1.54) is 16.7 Å². The molecule has 1 unspecified atom stereocenters. The number of hydrogen-bond donors (Lipinski definition) is 1. The van der Waals surface area contributed by atoms with Crippen molar-refractivity contribution in [3.8, 4) is 22.5 Å². The highest BCUT2D eigenvalue weighted by atomic mass is 35.5. The Balaban J connectivity index is 1.41. The molecule has 0 saturated heterocycles. The van der Waals surface area contributed by atoms with Crippen LogP contribution in [0.3, 0.4) is 0 Å². The zero-order chi connectivity index (χ0) is 26.2. The minimum Gasteiger partial charge on any atom is -0.355 e. The van der Waals surface area contributed by atoms with Crippen molar-refractivity contribution < 1.29 is 4.79 Å². The molecule has 3 aromatic carbocycles. The van der Waals surface area contributed by atoms with Gasteiger partial charge < -0.3 is 9.88 Å². The van der Waals surface area contributed by atoms with Gasteiger partial charge in [-0.3, -0.25) is 4.79 Å². The van der Waals surface area contributed by atoms with E-state index in [1.807, 2.05) is 30.3 Å². The molecule has 0 fully saturated rings. The fourth-order valence-electron chi connectivity index (χ4n) is 4.22. The monoisotopic (exact) mass is 531 g/mol. The van der Waals surface area contributed by atoms with Gasteiger partial charge in [0.05, 0.1) is 11.4 Å². The zero-order valence-electron chi connectivity index (χ0n) is 21.7.